The molecule has 1 amide bonds. The lowest BCUT2D eigenvalue weighted by Gasteiger charge is -2.16. The van der Waals surface area contributed by atoms with Crippen molar-refractivity contribution in [1.82, 2.24) is 30.0 Å². The van der Waals surface area contributed by atoms with Gasteiger partial charge in [-0.2, -0.15) is 5.10 Å². The number of nitrogen functional groups attached to an aromatic ring is 1. The molecular weight excluding hydrogens is 442 g/mol. The summed E-state index contributed by atoms with van der Waals surface area (Å²) in [5.74, 6) is 0.0345. The number of benzene rings is 1. The van der Waals surface area contributed by atoms with E-state index in [9.17, 15) is 9.90 Å². The fourth-order valence-corrected chi connectivity index (χ4v) is 4.64. The number of carbonyl (C=O) groups is 1. The Labute approximate surface area is 203 Å². The van der Waals surface area contributed by atoms with E-state index in [0.717, 1.165) is 48.6 Å². The van der Waals surface area contributed by atoms with Gasteiger partial charge in [-0.05, 0) is 55.9 Å². The molecule has 1 saturated carbocycles. The Kier molecular flexibility index (Phi) is 6.41. The first-order chi connectivity index (χ1) is 17.0. The zero-order chi connectivity index (χ0) is 24.4. The molecular formula is C26H29N7O2. The number of hydrogen-bond donors (Lipinski definition) is 3. The molecule has 5 rings (SSSR count). The molecule has 0 aliphatic heterocycles. The number of nitrogens with one attached hydrogen (secondary N) is 1. The Morgan fingerprint density at radius 2 is 2.03 bits per heavy atom. The van der Waals surface area contributed by atoms with Crippen molar-refractivity contribution >= 4 is 22.6 Å². The van der Waals surface area contributed by atoms with Crippen LogP contribution < -0.4 is 11.1 Å². The third-order valence-electron chi connectivity index (χ3n) is 6.58. The third-order valence-corrected chi connectivity index (χ3v) is 6.58. The minimum atomic E-state index is -0.351. The number of nitrogens with two attached hydrogens (primary N) is 1. The van der Waals surface area contributed by atoms with Gasteiger partial charge in [0, 0.05) is 36.9 Å². The van der Waals surface area contributed by atoms with E-state index in [4.69, 9.17) is 10.7 Å². The molecule has 1 aliphatic carbocycles. The fourth-order valence-electron chi connectivity index (χ4n) is 4.64. The maximum atomic E-state index is 13.1. The van der Waals surface area contributed by atoms with Gasteiger partial charge in [0.25, 0.3) is 5.91 Å². The first kappa shape index (κ1) is 22.9. The van der Waals surface area contributed by atoms with Crippen molar-refractivity contribution in [1.29, 1.82) is 0 Å². The Bertz CT molecular complexity index is 1370. The minimum Gasteiger partial charge on any atom is -0.393 e. The van der Waals surface area contributed by atoms with Crippen LogP contribution >= 0.6 is 0 Å². The van der Waals surface area contributed by atoms with Crippen LogP contribution in [-0.2, 0) is 7.05 Å². The number of amides is 1. The number of aliphatic hydroxyl groups excluding tert-OH is 1. The van der Waals surface area contributed by atoms with Crippen LogP contribution in [0, 0.1) is 5.92 Å². The molecule has 1 aromatic carbocycles. The molecule has 0 radical (unpaired) electrons. The molecule has 0 bridgehead atoms. The van der Waals surface area contributed by atoms with Crippen molar-refractivity contribution in [3.05, 3.63) is 54.5 Å². The van der Waals surface area contributed by atoms with Crippen molar-refractivity contribution in [3.8, 4) is 22.6 Å². The van der Waals surface area contributed by atoms with Crippen LogP contribution in [0.5, 0.6) is 0 Å². The normalized spacial score (nSPS) is 18.3. The molecule has 0 saturated heterocycles. The standard InChI is InChI=1S/C26H29N7O2/c1-33-13-11-21(32-33)23-22(18-8-10-20-17(14-18)5-3-12-28-20)30-24(25(27)31-23)26(35)29-15-16-4-2-6-19(34)9-7-16/h3,5,8,10-14,16,19,34H,2,4,6-7,9,15H2,1H3,(H2,27,31)(H,29,35). The molecule has 0 spiro atoms. The van der Waals surface area contributed by atoms with Gasteiger partial charge in [0.1, 0.15) is 11.4 Å². The van der Waals surface area contributed by atoms with Crippen LogP contribution in [0.3, 0.4) is 0 Å². The van der Waals surface area contributed by atoms with Gasteiger partial charge in [-0.15, -0.1) is 0 Å². The number of hydrogen-bond acceptors (Lipinski definition) is 7. The van der Waals surface area contributed by atoms with E-state index in [2.05, 4.69) is 20.4 Å². The summed E-state index contributed by atoms with van der Waals surface area (Å²) in [6.45, 7) is 0.519. The summed E-state index contributed by atoms with van der Waals surface area (Å²) < 4.78 is 1.69. The molecule has 1 fully saturated rings. The summed E-state index contributed by atoms with van der Waals surface area (Å²) in [7, 11) is 1.83. The number of rotatable bonds is 5. The van der Waals surface area contributed by atoms with Crippen molar-refractivity contribution in [2.45, 2.75) is 38.2 Å². The lowest BCUT2D eigenvalue weighted by molar-refractivity contribution is 0.0941. The average molecular weight is 472 g/mol. The molecule has 4 N–H and O–H groups in total. The van der Waals surface area contributed by atoms with Gasteiger partial charge in [0.15, 0.2) is 11.5 Å². The van der Waals surface area contributed by atoms with Gasteiger partial charge in [0.05, 0.1) is 17.3 Å². The number of pyridine rings is 1. The lowest BCUT2D eigenvalue weighted by Crippen LogP contribution is -2.31. The largest absolute Gasteiger partial charge is 0.393 e. The van der Waals surface area contributed by atoms with Gasteiger partial charge >= 0.3 is 0 Å². The Morgan fingerprint density at radius 3 is 2.86 bits per heavy atom. The highest BCUT2D eigenvalue weighted by atomic mass is 16.3. The van der Waals surface area contributed by atoms with Crippen molar-refractivity contribution in [2.24, 2.45) is 13.0 Å². The molecule has 35 heavy (non-hydrogen) atoms. The van der Waals surface area contributed by atoms with Crippen LogP contribution in [-0.4, -0.2) is 48.4 Å². The molecule has 1 aliphatic rings. The van der Waals surface area contributed by atoms with E-state index in [1.807, 2.05) is 49.6 Å². The number of aryl methyl sites for hydroxylation is 1. The maximum absolute atomic E-state index is 13.1. The quantitative estimate of drug-likeness (QED) is 0.380. The predicted octanol–water partition coefficient (Wildman–Crippen LogP) is 3.35. The summed E-state index contributed by atoms with van der Waals surface area (Å²) in [6.07, 6.45) is 7.75. The van der Waals surface area contributed by atoms with Crippen molar-refractivity contribution < 1.29 is 9.90 Å². The zero-order valence-corrected chi connectivity index (χ0v) is 19.7. The fraction of sp³-hybridized carbons (Fsp3) is 0.346. The van der Waals surface area contributed by atoms with E-state index in [1.165, 1.54) is 0 Å². The molecule has 2 atom stereocenters. The van der Waals surface area contributed by atoms with Gasteiger partial charge in [-0.3, -0.25) is 14.5 Å². The average Bonchev–Trinajstić information content (AvgIpc) is 3.19. The molecule has 4 aromatic rings. The highest BCUT2D eigenvalue weighted by Crippen LogP contribution is 2.31. The summed E-state index contributed by atoms with van der Waals surface area (Å²) in [6, 6.07) is 11.5. The van der Waals surface area contributed by atoms with Crippen molar-refractivity contribution in [2.75, 3.05) is 12.3 Å². The van der Waals surface area contributed by atoms with E-state index >= 15 is 0 Å². The first-order valence-corrected chi connectivity index (χ1v) is 12.0. The first-order valence-electron chi connectivity index (χ1n) is 12.0. The second kappa shape index (κ2) is 9.79. The Morgan fingerprint density at radius 1 is 1.14 bits per heavy atom. The van der Waals surface area contributed by atoms with E-state index in [0.29, 0.717) is 29.5 Å². The Hall–Kier alpha value is -3.85. The third kappa shape index (κ3) is 5.00. The second-order valence-corrected chi connectivity index (χ2v) is 9.18. The highest BCUT2D eigenvalue weighted by molar-refractivity contribution is 5.98. The lowest BCUT2D eigenvalue weighted by atomic mass is 10.0. The minimum absolute atomic E-state index is 0.0608. The summed E-state index contributed by atoms with van der Waals surface area (Å²) in [5.41, 5.74) is 9.67. The number of anilines is 1. The van der Waals surface area contributed by atoms with Crippen LogP contribution in [0.1, 0.15) is 42.6 Å². The van der Waals surface area contributed by atoms with Gasteiger partial charge in [-0.1, -0.05) is 18.6 Å². The maximum Gasteiger partial charge on any atom is 0.273 e. The smallest absolute Gasteiger partial charge is 0.273 e. The second-order valence-electron chi connectivity index (χ2n) is 9.18. The predicted molar refractivity (Wildman–Crippen MR) is 134 cm³/mol. The van der Waals surface area contributed by atoms with Crippen LogP contribution in [0.15, 0.2) is 48.8 Å². The molecule has 2 unspecified atom stereocenters. The van der Waals surface area contributed by atoms with E-state index in [1.54, 1.807) is 10.9 Å². The number of nitrogens with zero attached hydrogens (tertiary/aromatic N) is 5. The number of aliphatic hydroxyl groups is 1. The van der Waals surface area contributed by atoms with Crippen molar-refractivity contribution in [3.63, 3.8) is 0 Å². The van der Waals surface area contributed by atoms with E-state index < -0.39 is 0 Å². The molecule has 9 heteroatoms. The molecule has 180 valence electrons. The highest BCUT2D eigenvalue weighted by Gasteiger charge is 2.23. The van der Waals surface area contributed by atoms with Crippen LogP contribution in [0.2, 0.25) is 0 Å². The van der Waals surface area contributed by atoms with Crippen LogP contribution in [0.25, 0.3) is 33.5 Å². The SMILES string of the molecule is Cn1ccc(-c2nc(N)c(C(=O)NCC3CCCC(O)CC3)nc2-c2ccc3ncccc3c2)n1. The topological polar surface area (TPSA) is 132 Å². The number of fused-ring (bicyclic) bond motifs is 1. The molecule has 9 nitrogen and oxygen atoms in total. The monoisotopic (exact) mass is 471 g/mol. The molecule has 3 heterocycles. The summed E-state index contributed by atoms with van der Waals surface area (Å²) in [4.78, 5) is 26.8. The zero-order valence-electron chi connectivity index (χ0n) is 19.7. The van der Waals surface area contributed by atoms with Gasteiger partial charge in [0.2, 0.25) is 0 Å². The number of aromatic nitrogens is 5. The van der Waals surface area contributed by atoms with E-state index in [-0.39, 0.29) is 23.5 Å². The molecule has 3 aromatic heterocycles. The van der Waals surface area contributed by atoms with Gasteiger partial charge < -0.3 is 16.2 Å². The van der Waals surface area contributed by atoms with Gasteiger partial charge in [-0.25, -0.2) is 9.97 Å². The summed E-state index contributed by atoms with van der Waals surface area (Å²) >= 11 is 0. The summed E-state index contributed by atoms with van der Waals surface area (Å²) in [5, 5.41) is 18.3. The number of carbonyl (C=O) groups excluding carboxylic acids is 1. The Balaban J connectivity index is 1.49. The van der Waals surface area contributed by atoms with Crippen LogP contribution in [0.4, 0.5) is 5.82 Å².